The second-order valence-corrected chi connectivity index (χ2v) is 5.33. The van der Waals surface area contributed by atoms with E-state index in [-0.39, 0.29) is 5.92 Å². The van der Waals surface area contributed by atoms with E-state index in [1.807, 2.05) is 18.2 Å². The Kier molecular flexibility index (Phi) is 4.36. The number of hydrogen-bond donors (Lipinski definition) is 0. The third-order valence-corrected chi connectivity index (χ3v) is 3.88. The molecule has 0 aliphatic heterocycles. The van der Waals surface area contributed by atoms with Gasteiger partial charge in [0.25, 0.3) is 0 Å². The van der Waals surface area contributed by atoms with Crippen LogP contribution in [-0.4, -0.2) is 5.78 Å². The first-order chi connectivity index (χ1) is 8.27. The molecule has 0 radical (unpaired) electrons. The van der Waals surface area contributed by atoms with Gasteiger partial charge in [0.1, 0.15) is 5.78 Å². The van der Waals surface area contributed by atoms with Gasteiger partial charge in [-0.05, 0) is 24.8 Å². The number of carbonyl (C=O) groups excluding carboxylic acids is 1. The maximum atomic E-state index is 12.3. The first-order valence-electron chi connectivity index (χ1n) is 6.85. The molecule has 0 amide bonds. The zero-order chi connectivity index (χ0) is 12.1. The highest BCUT2D eigenvalue weighted by atomic mass is 16.1. The van der Waals surface area contributed by atoms with E-state index in [0.717, 1.165) is 19.3 Å². The fraction of sp³-hybridized carbons (Fsp3) is 0.562. The van der Waals surface area contributed by atoms with E-state index in [4.69, 9.17) is 0 Å². The van der Waals surface area contributed by atoms with Crippen molar-refractivity contribution in [1.82, 2.24) is 0 Å². The molecule has 0 heterocycles. The van der Waals surface area contributed by atoms with Crippen molar-refractivity contribution in [3.8, 4) is 0 Å². The molecule has 1 saturated carbocycles. The minimum Gasteiger partial charge on any atom is -0.299 e. The zero-order valence-electron chi connectivity index (χ0n) is 10.7. The molecule has 0 unspecified atom stereocenters. The fourth-order valence-corrected chi connectivity index (χ4v) is 2.86. The van der Waals surface area contributed by atoms with Gasteiger partial charge in [-0.3, -0.25) is 4.79 Å². The molecule has 1 fully saturated rings. The molecular weight excluding hydrogens is 208 g/mol. The highest BCUT2D eigenvalue weighted by molar-refractivity contribution is 5.83. The molecule has 0 N–H and O–H groups in total. The number of ketones is 1. The average molecular weight is 230 g/mol. The number of rotatable bonds is 4. The van der Waals surface area contributed by atoms with E-state index in [1.165, 1.54) is 24.8 Å². The Balaban J connectivity index is 1.90. The SMILES string of the molecule is C[C@H](Cc1ccccc1)C(=O)C1CCCCC1. The van der Waals surface area contributed by atoms with Gasteiger partial charge in [-0.1, -0.05) is 56.5 Å². The van der Waals surface area contributed by atoms with E-state index in [9.17, 15) is 4.79 Å². The fourth-order valence-electron chi connectivity index (χ4n) is 2.86. The molecule has 1 aromatic carbocycles. The largest absolute Gasteiger partial charge is 0.299 e. The van der Waals surface area contributed by atoms with Gasteiger partial charge in [-0.25, -0.2) is 0 Å². The predicted octanol–water partition coefficient (Wildman–Crippen LogP) is 4.01. The molecule has 1 atom stereocenters. The van der Waals surface area contributed by atoms with Gasteiger partial charge < -0.3 is 0 Å². The first-order valence-corrected chi connectivity index (χ1v) is 6.85. The van der Waals surface area contributed by atoms with Crippen LogP contribution in [0.15, 0.2) is 30.3 Å². The smallest absolute Gasteiger partial charge is 0.139 e. The van der Waals surface area contributed by atoms with Gasteiger partial charge in [0.2, 0.25) is 0 Å². The minimum absolute atomic E-state index is 0.181. The second-order valence-electron chi connectivity index (χ2n) is 5.33. The van der Waals surface area contributed by atoms with Gasteiger partial charge in [0, 0.05) is 11.8 Å². The van der Waals surface area contributed by atoms with E-state index in [0.29, 0.717) is 11.7 Å². The van der Waals surface area contributed by atoms with Crippen LogP contribution in [0.5, 0.6) is 0 Å². The molecule has 0 spiro atoms. The summed E-state index contributed by atoms with van der Waals surface area (Å²) in [5, 5.41) is 0. The van der Waals surface area contributed by atoms with Crippen molar-refractivity contribution in [3.63, 3.8) is 0 Å². The first kappa shape index (κ1) is 12.3. The maximum absolute atomic E-state index is 12.3. The third-order valence-electron chi connectivity index (χ3n) is 3.88. The van der Waals surface area contributed by atoms with Crippen molar-refractivity contribution < 1.29 is 4.79 Å². The minimum atomic E-state index is 0.181. The molecule has 1 heteroatoms. The molecule has 17 heavy (non-hydrogen) atoms. The molecule has 0 bridgehead atoms. The summed E-state index contributed by atoms with van der Waals surface area (Å²) in [6, 6.07) is 10.4. The Morgan fingerprint density at radius 2 is 1.82 bits per heavy atom. The van der Waals surface area contributed by atoms with Crippen molar-refractivity contribution in [2.75, 3.05) is 0 Å². The quantitative estimate of drug-likeness (QED) is 0.763. The lowest BCUT2D eigenvalue weighted by molar-refractivity contribution is -0.127. The Morgan fingerprint density at radius 1 is 1.18 bits per heavy atom. The van der Waals surface area contributed by atoms with E-state index in [1.54, 1.807) is 0 Å². The summed E-state index contributed by atoms with van der Waals surface area (Å²) < 4.78 is 0. The van der Waals surface area contributed by atoms with E-state index in [2.05, 4.69) is 19.1 Å². The van der Waals surface area contributed by atoms with Gasteiger partial charge in [0.15, 0.2) is 0 Å². The van der Waals surface area contributed by atoms with Gasteiger partial charge in [-0.15, -0.1) is 0 Å². The van der Waals surface area contributed by atoms with Crippen LogP contribution in [0.4, 0.5) is 0 Å². The third kappa shape index (κ3) is 3.42. The summed E-state index contributed by atoms with van der Waals surface area (Å²) in [6.45, 7) is 2.09. The summed E-state index contributed by atoms with van der Waals surface area (Å²) in [4.78, 5) is 12.3. The van der Waals surface area contributed by atoms with Crippen LogP contribution in [0.1, 0.15) is 44.6 Å². The number of benzene rings is 1. The summed E-state index contributed by atoms with van der Waals surface area (Å²) in [7, 11) is 0. The molecule has 1 aromatic rings. The molecule has 0 saturated heterocycles. The van der Waals surface area contributed by atoms with E-state index >= 15 is 0 Å². The van der Waals surface area contributed by atoms with Crippen LogP contribution in [0.3, 0.4) is 0 Å². The average Bonchev–Trinajstić information content (AvgIpc) is 2.40. The number of hydrogen-bond acceptors (Lipinski definition) is 1. The number of carbonyl (C=O) groups is 1. The lowest BCUT2D eigenvalue weighted by Crippen LogP contribution is -2.25. The zero-order valence-corrected chi connectivity index (χ0v) is 10.7. The van der Waals surface area contributed by atoms with Crippen molar-refractivity contribution >= 4 is 5.78 Å². The lowest BCUT2D eigenvalue weighted by atomic mass is 9.80. The Morgan fingerprint density at radius 3 is 2.47 bits per heavy atom. The Bertz CT molecular complexity index is 349. The molecule has 92 valence electrons. The summed E-state index contributed by atoms with van der Waals surface area (Å²) in [6.07, 6.45) is 6.95. The highest BCUT2D eigenvalue weighted by Crippen LogP contribution is 2.27. The summed E-state index contributed by atoms with van der Waals surface area (Å²) in [5.74, 6) is 1.02. The molecule has 0 aromatic heterocycles. The van der Waals surface area contributed by atoms with Gasteiger partial charge in [-0.2, -0.15) is 0 Å². The van der Waals surface area contributed by atoms with Crippen LogP contribution in [0, 0.1) is 11.8 Å². The van der Waals surface area contributed by atoms with Gasteiger partial charge >= 0.3 is 0 Å². The highest BCUT2D eigenvalue weighted by Gasteiger charge is 2.25. The monoisotopic (exact) mass is 230 g/mol. The topological polar surface area (TPSA) is 17.1 Å². The van der Waals surface area contributed by atoms with Crippen LogP contribution >= 0.6 is 0 Å². The normalized spacial score (nSPS) is 18.9. The van der Waals surface area contributed by atoms with Crippen LogP contribution in [0.25, 0.3) is 0 Å². The van der Waals surface area contributed by atoms with Crippen LogP contribution in [-0.2, 0) is 11.2 Å². The standard InChI is InChI=1S/C16H22O/c1-13(12-14-8-4-2-5-9-14)16(17)15-10-6-3-7-11-15/h2,4-5,8-9,13,15H,3,6-7,10-12H2,1H3/t13-/m1/s1. The Hall–Kier alpha value is -1.11. The van der Waals surface area contributed by atoms with Crippen LogP contribution < -0.4 is 0 Å². The molecule has 2 rings (SSSR count). The molecular formula is C16H22O. The molecule has 1 aliphatic rings. The van der Waals surface area contributed by atoms with Crippen LogP contribution in [0.2, 0.25) is 0 Å². The predicted molar refractivity (Wildman–Crippen MR) is 70.9 cm³/mol. The van der Waals surface area contributed by atoms with Gasteiger partial charge in [0.05, 0.1) is 0 Å². The van der Waals surface area contributed by atoms with Crippen molar-refractivity contribution in [3.05, 3.63) is 35.9 Å². The van der Waals surface area contributed by atoms with E-state index < -0.39 is 0 Å². The second kappa shape index (κ2) is 6.00. The summed E-state index contributed by atoms with van der Waals surface area (Å²) >= 11 is 0. The van der Waals surface area contributed by atoms with Crippen molar-refractivity contribution in [2.45, 2.75) is 45.4 Å². The van der Waals surface area contributed by atoms with Crippen molar-refractivity contribution in [2.24, 2.45) is 11.8 Å². The molecule has 1 nitrogen and oxygen atoms in total. The molecule has 1 aliphatic carbocycles. The summed E-state index contributed by atoms with van der Waals surface area (Å²) in [5.41, 5.74) is 1.28. The van der Waals surface area contributed by atoms with Crippen molar-refractivity contribution in [1.29, 1.82) is 0 Å². The number of Topliss-reactive ketones (excluding diaryl/α,β-unsaturated/α-hetero) is 1. The Labute approximate surface area is 104 Å². The lowest BCUT2D eigenvalue weighted by Gasteiger charge is -2.23. The maximum Gasteiger partial charge on any atom is 0.139 e.